The summed E-state index contributed by atoms with van der Waals surface area (Å²) in [4.78, 5) is 37.2. The molecule has 1 aliphatic heterocycles. The van der Waals surface area contributed by atoms with Gasteiger partial charge in [-0.2, -0.15) is 4.31 Å². The van der Waals surface area contributed by atoms with E-state index in [1.165, 1.54) is 27.4 Å². The quantitative estimate of drug-likeness (QED) is 0.405. The molecule has 4 rings (SSSR count). The monoisotopic (exact) mass is 463 g/mol. The molecule has 1 aromatic heterocycles. The Morgan fingerprint density at radius 2 is 1.74 bits per heavy atom. The van der Waals surface area contributed by atoms with E-state index in [4.69, 9.17) is 16.0 Å². The number of hydrogen-bond donors (Lipinski definition) is 0. The topological polar surface area (TPSA) is 110 Å². The Balaban J connectivity index is 1.61. The summed E-state index contributed by atoms with van der Waals surface area (Å²) in [6, 6.07) is 10.4. The SMILES string of the molecule is O=CN1CCN(S(=O)(=O)c2ccc3c(c2)oc(=O)n3CC(=O)c2ccc(Cl)cc2)CC1. The number of carbonyl (C=O) groups excluding carboxylic acids is 2. The van der Waals surface area contributed by atoms with Gasteiger partial charge in [0.25, 0.3) is 0 Å². The maximum Gasteiger partial charge on any atom is 0.420 e. The van der Waals surface area contributed by atoms with Gasteiger partial charge in [-0.3, -0.25) is 14.2 Å². The smallest absolute Gasteiger partial charge is 0.408 e. The van der Waals surface area contributed by atoms with Crippen LogP contribution in [0.25, 0.3) is 11.1 Å². The molecule has 0 aliphatic carbocycles. The first-order valence-electron chi connectivity index (χ1n) is 9.41. The van der Waals surface area contributed by atoms with Crippen molar-refractivity contribution in [3.8, 4) is 0 Å². The minimum atomic E-state index is -3.82. The third-order valence-electron chi connectivity index (χ3n) is 5.17. The number of benzene rings is 2. The van der Waals surface area contributed by atoms with Crippen LogP contribution in [0.15, 0.2) is 56.6 Å². The van der Waals surface area contributed by atoms with Crippen LogP contribution >= 0.6 is 11.6 Å². The molecule has 2 aromatic carbocycles. The van der Waals surface area contributed by atoms with E-state index in [1.807, 2.05) is 0 Å². The number of piperazine rings is 1. The van der Waals surface area contributed by atoms with E-state index in [-0.39, 0.29) is 35.9 Å². The third-order valence-corrected chi connectivity index (χ3v) is 7.31. The average molecular weight is 464 g/mol. The molecule has 1 fully saturated rings. The van der Waals surface area contributed by atoms with Crippen molar-refractivity contribution in [2.75, 3.05) is 26.2 Å². The molecule has 1 saturated heterocycles. The van der Waals surface area contributed by atoms with Crippen molar-refractivity contribution in [1.29, 1.82) is 0 Å². The molecule has 1 amide bonds. The van der Waals surface area contributed by atoms with Gasteiger partial charge in [0, 0.05) is 42.8 Å². The number of rotatable bonds is 6. The van der Waals surface area contributed by atoms with Crippen molar-refractivity contribution in [2.45, 2.75) is 11.4 Å². The number of ketones is 1. The molecular weight excluding hydrogens is 446 g/mol. The molecule has 3 aromatic rings. The van der Waals surface area contributed by atoms with E-state index in [2.05, 4.69) is 0 Å². The molecule has 0 radical (unpaired) electrons. The summed E-state index contributed by atoms with van der Waals surface area (Å²) in [6.07, 6.45) is 0.693. The molecule has 0 bridgehead atoms. The molecule has 2 heterocycles. The molecule has 9 nitrogen and oxygen atoms in total. The van der Waals surface area contributed by atoms with Crippen LogP contribution in [-0.2, 0) is 21.4 Å². The zero-order valence-electron chi connectivity index (χ0n) is 16.2. The summed E-state index contributed by atoms with van der Waals surface area (Å²) < 4.78 is 33.5. The lowest BCUT2D eigenvalue weighted by molar-refractivity contribution is -0.119. The fraction of sp³-hybridized carbons (Fsp3) is 0.250. The second-order valence-electron chi connectivity index (χ2n) is 7.06. The minimum Gasteiger partial charge on any atom is -0.408 e. The molecule has 0 atom stereocenters. The number of oxazole rings is 1. The lowest BCUT2D eigenvalue weighted by Gasteiger charge is -2.31. The van der Waals surface area contributed by atoms with Crippen molar-refractivity contribution >= 4 is 44.9 Å². The van der Waals surface area contributed by atoms with Gasteiger partial charge in [0.15, 0.2) is 11.4 Å². The first-order valence-corrected chi connectivity index (χ1v) is 11.2. The van der Waals surface area contributed by atoms with Crippen LogP contribution in [0.5, 0.6) is 0 Å². The highest BCUT2D eigenvalue weighted by molar-refractivity contribution is 7.89. The van der Waals surface area contributed by atoms with Crippen LogP contribution in [0.3, 0.4) is 0 Å². The van der Waals surface area contributed by atoms with E-state index in [9.17, 15) is 22.8 Å². The number of sulfonamides is 1. The normalized spacial score (nSPS) is 15.3. The summed E-state index contributed by atoms with van der Waals surface area (Å²) in [5.74, 6) is -1.07. The number of Topliss-reactive ketones (excluding diaryl/α,β-unsaturated/α-hetero) is 1. The van der Waals surface area contributed by atoms with Gasteiger partial charge < -0.3 is 9.32 Å². The van der Waals surface area contributed by atoms with Crippen LogP contribution < -0.4 is 5.76 Å². The Morgan fingerprint density at radius 3 is 2.39 bits per heavy atom. The van der Waals surface area contributed by atoms with E-state index in [1.54, 1.807) is 24.3 Å². The summed E-state index contributed by atoms with van der Waals surface area (Å²) in [6.45, 7) is 0.721. The van der Waals surface area contributed by atoms with E-state index in [0.717, 1.165) is 4.57 Å². The molecule has 162 valence electrons. The van der Waals surface area contributed by atoms with Crippen LogP contribution in [-0.4, -0.2) is 60.6 Å². The Morgan fingerprint density at radius 1 is 1.06 bits per heavy atom. The summed E-state index contributed by atoms with van der Waals surface area (Å²) >= 11 is 5.83. The maximum atomic E-state index is 12.9. The number of halogens is 1. The van der Waals surface area contributed by atoms with Gasteiger partial charge in [-0.25, -0.2) is 13.2 Å². The van der Waals surface area contributed by atoms with Crippen molar-refractivity contribution in [2.24, 2.45) is 0 Å². The lowest BCUT2D eigenvalue weighted by Crippen LogP contribution is -2.47. The first kappa shape index (κ1) is 21.3. The number of carbonyl (C=O) groups is 2. The Kier molecular flexibility index (Phi) is 5.69. The molecule has 0 saturated carbocycles. The van der Waals surface area contributed by atoms with Gasteiger partial charge in [0.1, 0.15) is 0 Å². The predicted octanol–water partition coefficient (Wildman–Crippen LogP) is 1.59. The lowest BCUT2D eigenvalue weighted by atomic mass is 10.1. The van der Waals surface area contributed by atoms with Crippen molar-refractivity contribution in [3.05, 3.63) is 63.6 Å². The number of hydrogen-bond acceptors (Lipinski definition) is 6. The van der Waals surface area contributed by atoms with E-state index in [0.29, 0.717) is 35.6 Å². The third kappa shape index (κ3) is 4.14. The molecule has 0 unspecified atom stereocenters. The zero-order chi connectivity index (χ0) is 22.2. The maximum absolute atomic E-state index is 12.9. The van der Waals surface area contributed by atoms with E-state index < -0.39 is 15.8 Å². The average Bonchev–Trinajstić information content (AvgIpc) is 3.08. The fourth-order valence-electron chi connectivity index (χ4n) is 3.43. The van der Waals surface area contributed by atoms with Gasteiger partial charge in [0.05, 0.1) is 17.0 Å². The van der Waals surface area contributed by atoms with Crippen molar-refractivity contribution in [3.63, 3.8) is 0 Å². The Labute approximate surface area is 182 Å². The van der Waals surface area contributed by atoms with Crippen LogP contribution in [0, 0.1) is 0 Å². The molecular formula is C20H18ClN3O6S. The molecule has 0 spiro atoms. The number of amides is 1. The Bertz CT molecular complexity index is 1300. The van der Waals surface area contributed by atoms with Crippen LogP contribution in [0.1, 0.15) is 10.4 Å². The number of fused-ring (bicyclic) bond motifs is 1. The molecule has 0 N–H and O–H groups in total. The van der Waals surface area contributed by atoms with Crippen molar-refractivity contribution in [1.82, 2.24) is 13.8 Å². The standard InChI is InChI=1S/C20H18ClN3O6S/c21-15-3-1-14(2-4-15)18(26)12-24-17-6-5-16(11-19(17)30-20(24)27)31(28,29)23-9-7-22(13-25)8-10-23/h1-6,11,13H,7-10,12H2. The second kappa shape index (κ2) is 8.29. The highest BCUT2D eigenvalue weighted by Gasteiger charge is 2.29. The van der Waals surface area contributed by atoms with Gasteiger partial charge in [-0.05, 0) is 36.4 Å². The fourth-order valence-corrected chi connectivity index (χ4v) is 4.99. The zero-order valence-corrected chi connectivity index (χ0v) is 17.8. The summed E-state index contributed by atoms with van der Waals surface area (Å²) in [5.41, 5.74) is 0.776. The number of nitrogens with zero attached hydrogens (tertiary/aromatic N) is 3. The molecule has 31 heavy (non-hydrogen) atoms. The second-order valence-corrected chi connectivity index (χ2v) is 9.43. The van der Waals surface area contributed by atoms with Crippen molar-refractivity contribution < 1.29 is 22.4 Å². The van der Waals surface area contributed by atoms with Gasteiger partial charge >= 0.3 is 5.76 Å². The largest absolute Gasteiger partial charge is 0.420 e. The van der Waals surface area contributed by atoms with E-state index >= 15 is 0 Å². The minimum absolute atomic E-state index is 0.0236. The summed E-state index contributed by atoms with van der Waals surface area (Å²) in [7, 11) is -3.82. The van der Waals surface area contributed by atoms with Crippen LogP contribution in [0.2, 0.25) is 5.02 Å². The summed E-state index contributed by atoms with van der Waals surface area (Å²) in [5, 5.41) is 0.490. The first-order chi connectivity index (χ1) is 14.8. The molecule has 1 aliphatic rings. The molecule has 11 heteroatoms. The van der Waals surface area contributed by atoms with Crippen LogP contribution in [0.4, 0.5) is 0 Å². The number of aromatic nitrogens is 1. The Hall–Kier alpha value is -2.95. The highest BCUT2D eigenvalue weighted by atomic mass is 35.5. The highest BCUT2D eigenvalue weighted by Crippen LogP contribution is 2.23. The predicted molar refractivity (Wildman–Crippen MR) is 113 cm³/mol. The van der Waals surface area contributed by atoms with Gasteiger partial charge in [-0.1, -0.05) is 11.6 Å². The van der Waals surface area contributed by atoms with Gasteiger partial charge in [-0.15, -0.1) is 0 Å². The van der Waals surface area contributed by atoms with Gasteiger partial charge in [0.2, 0.25) is 16.4 Å².